The molecule has 7 nitrogen and oxygen atoms in total. The number of hydrogen-bond donors (Lipinski definition) is 2. The third kappa shape index (κ3) is 4.70. The number of hydrogen-bond acceptors (Lipinski definition) is 6. The van der Waals surface area contributed by atoms with Crippen molar-refractivity contribution in [3.63, 3.8) is 0 Å². The Morgan fingerprint density at radius 2 is 2.08 bits per heavy atom. The van der Waals surface area contributed by atoms with Gasteiger partial charge in [0.15, 0.2) is 11.7 Å². The summed E-state index contributed by atoms with van der Waals surface area (Å²) in [7, 11) is 1.52. The number of nitriles is 1. The van der Waals surface area contributed by atoms with Gasteiger partial charge in [0.25, 0.3) is 5.91 Å². The highest BCUT2D eigenvalue weighted by Gasteiger charge is 2.48. The molecular formula is C25H23BrF3N5O2S. The predicted molar refractivity (Wildman–Crippen MR) is 137 cm³/mol. The lowest BCUT2D eigenvalue weighted by Gasteiger charge is -2.33. The van der Waals surface area contributed by atoms with Crippen molar-refractivity contribution < 1.29 is 22.7 Å². The van der Waals surface area contributed by atoms with Gasteiger partial charge in [0, 0.05) is 11.3 Å². The third-order valence-corrected chi connectivity index (χ3v) is 8.80. The standard InChI is InChI=1S/C25H23BrF3N5O2S/c1-12-3-8-15-16(11-30)24(37-18(15)9-12)32-23(35)21-20(26)22-31-17(13-4-6-14(36-2)7-5-13)10-19(25(27,28)29)34(22)33-21/h4-7,12,17,19,31H,3,8-10H2,1-2H3,(H,32,35)/t12-,17+,19-/m1/s1. The first-order valence-corrected chi connectivity index (χ1v) is 13.3. The van der Waals surface area contributed by atoms with E-state index in [0.29, 0.717) is 27.8 Å². The summed E-state index contributed by atoms with van der Waals surface area (Å²) in [5.41, 5.74) is 1.84. The molecule has 1 amide bonds. The quantitative estimate of drug-likeness (QED) is 0.354. The molecule has 1 aromatic carbocycles. The first-order chi connectivity index (χ1) is 17.6. The molecule has 0 fully saturated rings. The Hall–Kier alpha value is -3.04. The molecule has 5 rings (SSSR count). The van der Waals surface area contributed by atoms with Gasteiger partial charge in [0.1, 0.15) is 22.6 Å². The van der Waals surface area contributed by atoms with Crippen LogP contribution in [0, 0.1) is 17.2 Å². The van der Waals surface area contributed by atoms with Gasteiger partial charge < -0.3 is 15.4 Å². The second-order valence-corrected chi connectivity index (χ2v) is 11.2. The second kappa shape index (κ2) is 9.68. The van der Waals surface area contributed by atoms with Crippen molar-refractivity contribution >= 4 is 44.0 Å². The van der Waals surface area contributed by atoms with Crippen LogP contribution >= 0.6 is 27.3 Å². The monoisotopic (exact) mass is 593 g/mol. The molecule has 1 aliphatic heterocycles. The largest absolute Gasteiger partial charge is 0.497 e. The summed E-state index contributed by atoms with van der Waals surface area (Å²) in [5.74, 6) is 0.470. The van der Waals surface area contributed by atoms with Gasteiger partial charge in [-0.1, -0.05) is 19.1 Å². The molecule has 37 heavy (non-hydrogen) atoms. The van der Waals surface area contributed by atoms with Gasteiger partial charge in [-0.25, -0.2) is 4.68 Å². The van der Waals surface area contributed by atoms with Crippen molar-refractivity contribution in [2.75, 3.05) is 17.7 Å². The molecule has 2 aliphatic rings. The van der Waals surface area contributed by atoms with Gasteiger partial charge in [-0.05, 0) is 64.4 Å². The van der Waals surface area contributed by atoms with Crippen LogP contribution in [0.5, 0.6) is 5.75 Å². The number of fused-ring (bicyclic) bond motifs is 2. The number of nitrogens with one attached hydrogen (secondary N) is 2. The number of rotatable bonds is 4. The highest BCUT2D eigenvalue weighted by atomic mass is 79.9. The van der Waals surface area contributed by atoms with Crippen molar-refractivity contribution in [2.24, 2.45) is 5.92 Å². The van der Waals surface area contributed by atoms with E-state index in [2.05, 4.69) is 44.7 Å². The van der Waals surface area contributed by atoms with Gasteiger partial charge in [-0.15, -0.1) is 11.3 Å². The Morgan fingerprint density at radius 3 is 2.73 bits per heavy atom. The number of anilines is 2. The van der Waals surface area contributed by atoms with Crippen LogP contribution in [0.25, 0.3) is 0 Å². The van der Waals surface area contributed by atoms with Crippen LogP contribution in [-0.2, 0) is 12.8 Å². The van der Waals surface area contributed by atoms with Crippen LogP contribution in [0.3, 0.4) is 0 Å². The number of benzene rings is 1. The fourth-order valence-corrected chi connectivity index (χ4v) is 6.82. The Labute approximate surface area is 223 Å². The first-order valence-electron chi connectivity index (χ1n) is 11.7. The summed E-state index contributed by atoms with van der Waals surface area (Å²) in [6.07, 6.45) is -2.33. The van der Waals surface area contributed by atoms with Gasteiger partial charge >= 0.3 is 6.18 Å². The molecular weight excluding hydrogens is 571 g/mol. The Morgan fingerprint density at radius 1 is 1.35 bits per heavy atom. The minimum atomic E-state index is -4.59. The molecule has 1 aliphatic carbocycles. The molecule has 0 radical (unpaired) electrons. The summed E-state index contributed by atoms with van der Waals surface area (Å²) in [5, 5.41) is 20.1. The molecule has 0 unspecified atom stereocenters. The van der Waals surface area contributed by atoms with Crippen LogP contribution in [0.15, 0.2) is 28.7 Å². The number of carbonyl (C=O) groups excluding carboxylic acids is 1. The van der Waals surface area contributed by atoms with E-state index in [1.165, 1.54) is 18.4 Å². The van der Waals surface area contributed by atoms with E-state index in [1.54, 1.807) is 24.3 Å². The smallest absolute Gasteiger partial charge is 0.410 e. The molecule has 3 aromatic rings. The predicted octanol–water partition coefficient (Wildman–Crippen LogP) is 6.62. The molecule has 2 aromatic heterocycles. The van der Waals surface area contributed by atoms with E-state index in [1.807, 2.05) is 0 Å². The van der Waals surface area contributed by atoms with Crippen molar-refractivity contribution in [2.45, 2.75) is 50.9 Å². The normalized spacial score (nSPS) is 20.8. The molecule has 0 bridgehead atoms. The van der Waals surface area contributed by atoms with Crippen LogP contribution in [0.1, 0.15) is 63.9 Å². The van der Waals surface area contributed by atoms with E-state index in [9.17, 15) is 23.2 Å². The minimum absolute atomic E-state index is 0.0688. The lowest BCUT2D eigenvalue weighted by Crippen LogP contribution is -2.35. The fraction of sp³-hybridized carbons (Fsp3) is 0.400. The topological polar surface area (TPSA) is 92.0 Å². The molecule has 0 saturated carbocycles. The number of alkyl halides is 3. The average Bonchev–Trinajstić information content (AvgIpc) is 3.39. The number of methoxy groups -OCH3 is 1. The van der Waals surface area contributed by atoms with Crippen LogP contribution < -0.4 is 15.4 Å². The zero-order chi connectivity index (χ0) is 26.5. The molecule has 3 heterocycles. The van der Waals surface area contributed by atoms with Crippen molar-refractivity contribution in [3.05, 3.63) is 56.0 Å². The fourth-order valence-electron chi connectivity index (χ4n) is 4.91. The number of aromatic nitrogens is 2. The number of thiophene rings is 1. The number of nitrogens with zero attached hydrogens (tertiary/aromatic N) is 3. The lowest BCUT2D eigenvalue weighted by atomic mass is 9.89. The van der Waals surface area contributed by atoms with Gasteiger partial charge in [0.05, 0.1) is 23.2 Å². The van der Waals surface area contributed by atoms with Gasteiger partial charge in [0.2, 0.25) is 0 Å². The summed E-state index contributed by atoms with van der Waals surface area (Å²) in [4.78, 5) is 14.3. The van der Waals surface area contributed by atoms with E-state index in [-0.39, 0.29) is 22.4 Å². The molecule has 194 valence electrons. The zero-order valence-corrected chi connectivity index (χ0v) is 22.4. The zero-order valence-electron chi connectivity index (χ0n) is 19.9. The minimum Gasteiger partial charge on any atom is -0.497 e. The van der Waals surface area contributed by atoms with E-state index >= 15 is 0 Å². The highest BCUT2D eigenvalue weighted by molar-refractivity contribution is 9.10. The molecule has 0 saturated heterocycles. The van der Waals surface area contributed by atoms with E-state index in [4.69, 9.17) is 4.74 Å². The van der Waals surface area contributed by atoms with E-state index in [0.717, 1.165) is 34.4 Å². The average molecular weight is 594 g/mol. The third-order valence-electron chi connectivity index (χ3n) is 6.88. The Kier molecular flexibility index (Phi) is 6.70. The second-order valence-electron chi connectivity index (χ2n) is 9.34. The number of ether oxygens (including phenoxy) is 1. The maximum atomic E-state index is 14.1. The summed E-state index contributed by atoms with van der Waals surface area (Å²) < 4.78 is 48.5. The van der Waals surface area contributed by atoms with Crippen LogP contribution in [-0.4, -0.2) is 29.0 Å². The van der Waals surface area contributed by atoms with Crippen molar-refractivity contribution in [1.82, 2.24) is 9.78 Å². The van der Waals surface area contributed by atoms with E-state index < -0.39 is 24.2 Å². The SMILES string of the molecule is COc1ccc([C@@H]2C[C@H](C(F)(F)F)n3nc(C(=O)Nc4sc5c(c4C#N)CC[C@@H](C)C5)c(Br)c3N2)cc1. The van der Waals surface area contributed by atoms with Crippen LogP contribution in [0.2, 0.25) is 0 Å². The molecule has 2 N–H and O–H groups in total. The molecule has 3 atom stereocenters. The number of amides is 1. The summed E-state index contributed by atoms with van der Waals surface area (Å²) in [6.45, 7) is 2.14. The summed E-state index contributed by atoms with van der Waals surface area (Å²) in [6, 6.07) is 6.39. The van der Waals surface area contributed by atoms with Gasteiger partial charge in [-0.2, -0.15) is 23.5 Å². The lowest BCUT2D eigenvalue weighted by molar-refractivity contribution is -0.173. The van der Waals surface area contributed by atoms with Gasteiger partial charge in [-0.3, -0.25) is 4.79 Å². The first kappa shape index (κ1) is 25.6. The number of carbonyl (C=O) groups is 1. The molecule has 12 heteroatoms. The van der Waals surface area contributed by atoms with Crippen LogP contribution in [0.4, 0.5) is 24.0 Å². The number of halogens is 4. The molecule has 0 spiro atoms. The van der Waals surface area contributed by atoms with Crippen molar-refractivity contribution in [3.8, 4) is 11.8 Å². The maximum absolute atomic E-state index is 14.1. The summed E-state index contributed by atoms with van der Waals surface area (Å²) >= 11 is 4.66. The maximum Gasteiger partial charge on any atom is 0.410 e. The Bertz CT molecular complexity index is 1390. The highest BCUT2D eigenvalue weighted by Crippen LogP contribution is 2.47. The Balaban J connectivity index is 1.47. The van der Waals surface area contributed by atoms with Crippen molar-refractivity contribution in [1.29, 1.82) is 5.26 Å².